The lowest BCUT2D eigenvalue weighted by Gasteiger charge is -2.05. The van der Waals surface area contributed by atoms with Crippen molar-refractivity contribution in [2.24, 2.45) is 0 Å². The summed E-state index contributed by atoms with van der Waals surface area (Å²) in [5.41, 5.74) is 3.67. The van der Waals surface area contributed by atoms with Gasteiger partial charge in [0.15, 0.2) is 0 Å². The molecule has 0 aliphatic rings. The molecule has 0 atom stereocenters. The molecule has 2 aromatic rings. The molecule has 0 radical (unpaired) electrons. The molecule has 0 heterocycles. The molecule has 0 bridgehead atoms. The molecule has 0 fully saturated rings. The first-order valence-electron chi connectivity index (χ1n) is 7.21. The molecule has 0 aromatic heterocycles. The van der Waals surface area contributed by atoms with Crippen molar-refractivity contribution in [2.45, 2.75) is 26.2 Å². The lowest BCUT2D eigenvalue weighted by molar-refractivity contribution is 0.824. The molecule has 0 spiro atoms. The Morgan fingerprint density at radius 1 is 0.950 bits per heavy atom. The second-order valence-corrected chi connectivity index (χ2v) is 4.77. The Hall–Kier alpha value is -2.26. The molecule has 0 saturated heterocycles. The predicted octanol–water partition coefficient (Wildman–Crippen LogP) is 5.31. The van der Waals surface area contributed by atoms with Crippen molar-refractivity contribution in [1.82, 2.24) is 0 Å². The van der Waals surface area contributed by atoms with Gasteiger partial charge in [0.25, 0.3) is 0 Å². The maximum atomic E-state index is 3.20. The van der Waals surface area contributed by atoms with Crippen LogP contribution in [0.2, 0.25) is 0 Å². The molecule has 0 aliphatic heterocycles. The van der Waals surface area contributed by atoms with Gasteiger partial charge in [-0.3, -0.25) is 0 Å². The topological polar surface area (TPSA) is 0 Å². The van der Waals surface area contributed by atoms with Crippen LogP contribution in [0.5, 0.6) is 0 Å². The highest BCUT2D eigenvalue weighted by molar-refractivity contribution is 5.68. The van der Waals surface area contributed by atoms with E-state index in [9.17, 15) is 0 Å². The molecule has 0 amide bonds. The van der Waals surface area contributed by atoms with E-state index in [1.54, 1.807) is 0 Å². The van der Waals surface area contributed by atoms with E-state index >= 15 is 0 Å². The van der Waals surface area contributed by atoms with Crippen LogP contribution in [0.15, 0.2) is 66.7 Å². The molecule has 20 heavy (non-hydrogen) atoms. The van der Waals surface area contributed by atoms with Crippen LogP contribution in [0, 0.1) is 11.8 Å². The number of hydrogen-bond donors (Lipinski definition) is 0. The van der Waals surface area contributed by atoms with Gasteiger partial charge in [-0.05, 0) is 42.2 Å². The van der Waals surface area contributed by atoms with Crippen molar-refractivity contribution >= 4 is 5.57 Å². The van der Waals surface area contributed by atoms with E-state index in [1.165, 1.54) is 24.0 Å². The van der Waals surface area contributed by atoms with Gasteiger partial charge in [-0.15, -0.1) is 0 Å². The van der Waals surface area contributed by atoms with Crippen LogP contribution in [-0.2, 0) is 0 Å². The van der Waals surface area contributed by atoms with Gasteiger partial charge < -0.3 is 0 Å². The fraction of sp³-hybridized carbons (Fsp3) is 0.200. The van der Waals surface area contributed by atoms with E-state index in [4.69, 9.17) is 0 Å². The van der Waals surface area contributed by atoms with Gasteiger partial charge in [-0.1, -0.05) is 73.7 Å². The number of allylic oxidation sites excluding steroid dienone is 2. The quantitative estimate of drug-likeness (QED) is 0.653. The standard InChI is InChI=1S/C20H20/c1-2-3-14-19(20-15-8-5-9-16-20)17-10-13-18-11-6-4-7-12-18/h4-9,11-12,15-17H,2-3,14H2,1H3/b19-17-. The fourth-order valence-electron chi connectivity index (χ4n) is 2.05. The molecular formula is C20H20. The van der Waals surface area contributed by atoms with Crippen molar-refractivity contribution in [3.8, 4) is 11.8 Å². The van der Waals surface area contributed by atoms with E-state index in [0.29, 0.717) is 0 Å². The summed E-state index contributed by atoms with van der Waals surface area (Å²) in [6.07, 6.45) is 5.56. The Morgan fingerprint density at radius 3 is 2.25 bits per heavy atom. The minimum Gasteiger partial charge on any atom is -0.0693 e. The van der Waals surface area contributed by atoms with Gasteiger partial charge in [0.2, 0.25) is 0 Å². The van der Waals surface area contributed by atoms with Crippen molar-refractivity contribution in [2.75, 3.05) is 0 Å². The third-order valence-electron chi connectivity index (χ3n) is 3.18. The highest BCUT2D eigenvalue weighted by Crippen LogP contribution is 2.20. The molecule has 0 nitrogen and oxygen atoms in total. The maximum absolute atomic E-state index is 3.20. The van der Waals surface area contributed by atoms with Crippen molar-refractivity contribution in [3.63, 3.8) is 0 Å². The van der Waals surface area contributed by atoms with Crippen LogP contribution in [0.3, 0.4) is 0 Å². The van der Waals surface area contributed by atoms with E-state index in [1.807, 2.05) is 30.3 Å². The van der Waals surface area contributed by atoms with Crippen LogP contribution in [0.1, 0.15) is 37.3 Å². The highest BCUT2D eigenvalue weighted by atomic mass is 14.0. The SMILES string of the molecule is CCCC/C(=C/C#Cc1ccccc1)c1ccccc1. The molecule has 0 heteroatoms. The smallest absolute Gasteiger partial charge is 0.0248 e. The minimum atomic E-state index is 1.06. The van der Waals surface area contributed by atoms with Gasteiger partial charge >= 0.3 is 0 Å². The van der Waals surface area contributed by atoms with Crippen molar-refractivity contribution in [3.05, 3.63) is 77.9 Å². The second kappa shape index (κ2) is 8.02. The Bertz CT molecular complexity index is 595. The summed E-state index contributed by atoms with van der Waals surface area (Å²) in [6.45, 7) is 2.22. The average molecular weight is 260 g/mol. The lowest BCUT2D eigenvalue weighted by Crippen LogP contribution is -1.84. The number of rotatable bonds is 4. The zero-order valence-electron chi connectivity index (χ0n) is 12.0. The van der Waals surface area contributed by atoms with Crippen LogP contribution in [0.4, 0.5) is 0 Å². The van der Waals surface area contributed by atoms with Gasteiger partial charge in [0.05, 0.1) is 0 Å². The van der Waals surface area contributed by atoms with Crippen molar-refractivity contribution < 1.29 is 0 Å². The summed E-state index contributed by atoms with van der Waals surface area (Å²) in [5.74, 6) is 6.39. The Kier molecular flexibility index (Phi) is 5.68. The minimum absolute atomic E-state index is 1.06. The molecule has 0 unspecified atom stereocenters. The maximum Gasteiger partial charge on any atom is 0.0248 e. The third kappa shape index (κ3) is 4.44. The van der Waals surface area contributed by atoms with E-state index < -0.39 is 0 Å². The summed E-state index contributed by atoms with van der Waals surface area (Å²) < 4.78 is 0. The van der Waals surface area contributed by atoms with Crippen LogP contribution < -0.4 is 0 Å². The molecule has 100 valence electrons. The molecule has 0 N–H and O–H groups in total. The molecule has 2 rings (SSSR count). The zero-order chi connectivity index (χ0) is 14.0. The summed E-state index contributed by atoms with van der Waals surface area (Å²) in [7, 11) is 0. The Balaban J connectivity index is 2.19. The highest BCUT2D eigenvalue weighted by Gasteiger charge is 1.99. The Morgan fingerprint density at radius 2 is 1.60 bits per heavy atom. The average Bonchev–Trinajstić information content (AvgIpc) is 2.52. The van der Waals surface area contributed by atoms with E-state index in [2.05, 4.69) is 55.2 Å². The fourth-order valence-corrected chi connectivity index (χ4v) is 2.05. The first kappa shape index (κ1) is 14.2. The van der Waals surface area contributed by atoms with Gasteiger partial charge in [0.1, 0.15) is 0 Å². The largest absolute Gasteiger partial charge is 0.0693 e. The molecule has 0 saturated carbocycles. The summed E-state index contributed by atoms with van der Waals surface area (Å²) in [4.78, 5) is 0. The summed E-state index contributed by atoms with van der Waals surface area (Å²) >= 11 is 0. The molecular weight excluding hydrogens is 240 g/mol. The van der Waals surface area contributed by atoms with Crippen molar-refractivity contribution in [1.29, 1.82) is 0 Å². The first-order chi connectivity index (χ1) is 9.90. The lowest BCUT2D eigenvalue weighted by atomic mass is 10.00. The van der Waals surface area contributed by atoms with Gasteiger partial charge in [-0.2, -0.15) is 0 Å². The molecule has 0 aliphatic carbocycles. The van der Waals surface area contributed by atoms with E-state index in [0.717, 1.165) is 12.0 Å². The van der Waals surface area contributed by atoms with Gasteiger partial charge in [0, 0.05) is 5.56 Å². The van der Waals surface area contributed by atoms with Crippen LogP contribution in [0.25, 0.3) is 5.57 Å². The zero-order valence-corrected chi connectivity index (χ0v) is 12.0. The summed E-state index contributed by atoms with van der Waals surface area (Å²) in [6, 6.07) is 20.7. The summed E-state index contributed by atoms with van der Waals surface area (Å²) in [5, 5.41) is 0. The first-order valence-corrected chi connectivity index (χ1v) is 7.21. The number of unbranched alkanes of at least 4 members (excludes halogenated alkanes) is 1. The number of benzene rings is 2. The second-order valence-electron chi connectivity index (χ2n) is 4.77. The predicted molar refractivity (Wildman–Crippen MR) is 87.3 cm³/mol. The van der Waals surface area contributed by atoms with Crippen LogP contribution >= 0.6 is 0 Å². The number of hydrogen-bond acceptors (Lipinski definition) is 0. The third-order valence-corrected chi connectivity index (χ3v) is 3.18. The van der Waals surface area contributed by atoms with Crippen LogP contribution in [-0.4, -0.2) is 0 Å². The Labute approximate surface area is 122 Å². The molecule has 2 aromatic carbocycles. The normalized spacial score (nSPS) is 10.8. The van der Waals surface area contributed by atoms with E-state index in [-0.39, 0.29) is 0 Å². The monoisotopic (exact) mass is 260 g/mol. The van der Waals surface area contributed by atoms with Gasteiger partial charge in [-0.25, -0.2) is 0 Å².